The lowest BCUT2D eigenvalue weighted by Gasteiger charge is -2.21. The molecule has 0 aliphatic carbocycles. The van der Waals surface area contributed by atoms with E-state index in [-0.39, 0.29) is 5.91 Å². The zero-order valence-electron chi connectivity index (χ0n) is 15.0. The standard InChI is InChI=1S/C19H18F3N5O/c1-13(15-8-5-9-16(11-15)19(20,21)22)24-18(28)17(27-12-23-25-26-27)10-14-6-3-2-4-7-14/h2-9,11-13,17H,10H2,1H3,(H,24,28)/t13-,17+/m1/s1. The number of nitrogens with one attached hydrogen (secondary N) is 1. The number of aromatic nitrogens is 4. The number of nitrogens with zero attached hydrogens (tertiary/aromatic N) is 4. The van der Waals surface area contributed by atoms with E-state index in [2.05, 4.69) is 20.8 Å². The number of hydrogen-bond donors (Lipinski definition) is 1. The number of rotatable bonds is 6. The van der Waals surface area contributed by atoms with Crippen LogP contribution in [0.2, 0.25) is 0 Å². The molecule has 1 N–H and O–H groups in total. The third kappa shape index (κ3) is 4.73. The van der Waals surface area contributed by atoms with Crippen LogP contribution in [0.15, 0.2) is 60.9 Å². The summed E-state index contributed by atoms with van der Waals surface area (Å²) < 4.78 is 40.1. The van der Waals surface area contributed by atoms with E-state index in [1.807, 2.05) is 30.3 Å². The molecule has 0 unspecified atom stereocenters. The van der Waals surface area contributed by atoms with Crippen LogP contribution in [0.4, 0.5) is 13.2 Å². The Morgan fingerprint density at radius 1 is 1.14 bits per heavy atom. The summed E-state index contributed by atoms with van der Waals surface area (Å²) in [5, 5.41) is 13.7. The Labute approximate surface area is 159 Å². The normalized spacial score (nSPS) is 13.7. The van der Waals surface area contributed by atoms with E-state index >= 15 is 0 Å². The third-order valence-corrected chi connectivity index (χ3v) is 4.33. The van der Waals surface area contributed by atoms with Crippen molar-refractivity contribution in [2.24, 2.45) is 0 Å². The second-order valence-electron chi connectivity index (χ2n) is 6.35. The average Bonchev–Trinajstić information content (AvgIpc) is 3.20. The highest BCUT2D eigenvalue weighted by atomic mass is 19.4. The van der Waals surface area contributed by atoms with Crippen molar-refractivity contribution in [2.45, 2.75) is 31.6 Å². The zero-order chi connectivity index (χ0) is 20.1. The quantitative estimate of drug-likeness (QED) is 0.702. The van der Waals surface area contributed by atoms with Gasteiger partial charge >= 0.3 is 6.18 Å². The van der Waals surface area contributed by atoms with Crippen LogP contribution < -0.4 is 5.32 Å². The summed E-state index contributed by atoms with van der Waals surface area (Å²) in [6, 6.07) is 12.9. The van der Waals surface area contributed by atoms with Crippen molar-refractivity contribution < 1.29 is 18.0 Å². The molecular formula is C19H18F3N5O. The second kappa shape index (κ2) is 8.20. The molecule has 1 heterocycles. The van der Waals surface area contributed by atoms with Crippen LogP contribution >= 0.6 is 0 Å². The molecular weight excluding hydrogens is 371 g/mol. The number of carbonyl (C=O) groups excluding carboxylic acids is 1. The van der Waals surface area contributed by atoms with Crippen molar-refractivity contribution >= 4 is 5.91 Å². The van der Waals surface area contributed by atoms with Gasteiger partial charge in [0.1, 0.15) is 12.4 Å². The fourth-order valence-electron chi connectivity index (χ4n) is 2.83. The summed E-state index contributed by atoms with van der Waals surface area (Å²) in [6.07, 6.45) is -2.77. The lowest BCUT2D eigenvalue weighted by atomic mass is 10.0. The Morgan fingerprint density at radius 3 is 2.54 bits per heavy atom. The van der Waals surface area contributed by atoms with Crippen molar-refractivity contribution in [1.29, 1.82) is 0 Å². The minimum atomic E-state index is -4.44. The molecule has 3 rings (SSSR count). The number of benzene rings is 2. The maximum Gasteiger partial charge on any atom is 0.416 e. The van der Waals surface area contributed by atoms with Gasteiger partial charge in [0.25, 0.3) is 0 Å². The maximum atomic E-state index is 12.9. The molecule has 0 saturated carbocycles. The van der Waals surface area contributed by atoms with E-state index in [9.17, 15) is 18.0 Å². The zero-order valence-corrected chi connectivity index (χ0v) is 15.0. The second-order valence-corrected chi connectivity index (χ2v) is 6.35. The summed E-state index contributed by atoms with van der Waals surface area (Å²) >= 11 is 0. The Hall–Kier alpha value is -3.23. The third-order valence-electron chi connectivity index (χ3n) is 4.33. The molecule has 1 aromatic heterocycles. The van der Waals surface area contributed by atoms with Crippen molar-refractivity contribution in [3.05, 3.63) is 77.6 Å². The van der Waals surface area contributed by atoms with Gasteiger partial charge in [0.05, 0.1) is 11.6 Å². The first kappa shape index (κ1) is 19.5. The van der Waals surface area contributed by atoms with E-state index < -0.39 is 23.8 Å². The number of alkyl halides is 3. The molecule has 0 saturated heterocycles. The van der Waals surface area contributed by atoms with Crippen LogP contribution in [0, 0.1) is 0 Å². The monoisotopic (exact) mass is 389 g/mol. The van der Waals surface area contributed by atoms with Crippen LogP contribution in [-0.2, 0) is 17.4 Å². The van der Waals surface area contributed by atoms with Gasteiger partial charge in [0.2, 0.25) is 5.91 Å². The molecule has 0 aliphatic heterocycles. The van der Waals surface area contributed by atoms with Crippen LogP contribution in [0.3, 0.4) is 0 Å². The molecule has 0 bridgehead atoms. The average molecular weight is 389 g/mol. The van der Waals surface area contributed by atoms with Crippen LogP contribution in [0.25, 0.3) is 0 Å². The molecule has 0 fully saturated rings. The van der Waals surface area contributed by atoms with Gasteiger partial charge in [-0.15, -0.1) is 5.10 Å². The van der Waals surface area contributed by atoms with Crippen molar-refractivity contribution in [3.8, 4) is 0 Å². The Bertz CT molecular complexity index is 913. The van der Waals surface area contributed by atoms with E-state index in [1.165, 1.54) is 17.1 Å². The summed E-state index contributed by atoms with van der Waals surface area (Å²) in [4.78, 5) is 12.9. The predicted octanol–water partition coefficient (Wildman–Crippen LogP) is 3.35. The molecule has 6 nitrogen and oxygen atoms in total. The minimum Gasteiger partial charge on any atom is -0.348 e. The van der Waals surface area contributed by atoms with Gasteiger partial charge in [-0.25, -0.2) is 4.68 Å². The number of halogens is 3. The highest BCUT2D eigenvalue weighted by Crippen LogP contribution is 2.30. The number of amides is 1. The first-order valence-electron chi connectivity index (χ1n) is 8.58. The van der Waals surface area contributed by atoms with E-state index in [0.29, 0.717) is 12.0 Å². The first-order valence-corrected chi connectivity index (χ1v) is 8.58. The van der Waals surface area contributed by atoms with Crippen molar-refractivity contribution in [2.75, 3.05) is 0 Å². The smallest absolute Gasteiger partial charge is 0.348 e. The molecule has 9 heteroatoms. The molecule has 0 spiro atoms. The Morgan fingerprint density at radius 2 is 1.89 bits per heavy atom. The molecule has 3 aromatic rings. The largest absolute Gasteiger partial charge is 0.416 e. The van der Waals surface area contributed by atoms with Crippen molar-refractivity contribution in [1.82, 2.24) is 25.5 Å². The van der Waals surface area contributed by atoms with Gasteiger partial charge in [-0.3, -0.25) is 4.79 Å². The Balaban J connectivity index is 1.78. The van der Waals surface area contributed by atoms with E-state index in [1.54, 1.807) is 13.0 Å². The topological polar surface area (TPSA) is 72.7 Å². The first-order chi connectivity index (χ1) is 13.3. The lowest BCUT2D eigenvalue weighted by molar-refractivity contribution is -0.137. The molecule has 0 aliphatic rings. The van der Waals surface area contributed by atoms with Gasteiger partial charge in [0.15, 0.2) is 0 Å². The molecule has 146 valence electrons. The highest BCUT2D eigenvalue weighted by molar-refractivity contribution is 5.81. The molecule has 2 atom stereocenters. The maximum absolute atomic E-state index is 12.9. The molecule has 1 amide bonds. The van der Waals surface area contributed by atoms with Crippen LogP contribution in [0.1, 0.15) is 35.7 Å². The SMILES string of the molecule is C[C@@H](NC(=O)[C@H](Cc1ccccc1)n1cnnn1)c1cccc(C(F)(F)F)c1. The van der Waals surface area contributed by atoms with Crippen LogP contribution in [0.5, 0.6) is 0 Å². The lowest BCUT2D eigenvalue weighted by Crippen LogP contribution is -2.36. The van der Waals surface area contributed by atoms with Gasteiger partial charge in [-0.05, 0) is 40.6 Å². The van der Waals surface area contributed by atoms with Gasteiger partial charge < -0.3 is 5.32 Å². The fraction of sp³-hybridized carbons (Fsp3) is 0.263. The van der Waals surface area contributed by atoms with Gasteiger partial charge in [-0.2, -0.15) is 13.2 Å². The van der Waals surface area contributed by atoms with E-state index in [4.69, 9.17) is 0 Å². The summed E-state index contributed by atoms with van der Waals surface area (Å²) in [5.41, 5.74) is 0.510. The molecule has 0 radical (unpaired) electrons. The fourth-order valence-corrected chi connectivity index (χ4v) is 2.83. The summed E-state index contributed by atoms with van der Waals surface area (Å²) in [6.45, 7) is 1.63. The molecule has 2 aromatic carbocycles. The number of carbonyl (C=O) groups is 1. The predicted molar refractivity (Wildman–Crippen MR) is 95.0 cm³/mol. The van der Waals surface area contributed by atoms with Gasteiger partial charge in [0, 0.05) is 6.42 Å². The van der Waals surface area contributed by atoms with E-state index in [0.717, 1.165) is 17.7 Å². The number of tetrazole rings is 1. The van der Waals surface area contributed by atoms with Crippen LogP contribution in [-0.4, -0.2) is 26.1 Å². The van der Waals surface area contributed by atoms with Crippen molar-refractivity contribution in [3.63, 3.8) is 0 Å². The summed E-state index contributed by atoms with van der Waals surface area (Å²) in [7, 11) is 0. The molecule has 28 heavy (non-hydrogen) atoms. The highest BCUT2D eigenvalue weighted by Gasteiger charge is 2.31. The summed E-state index contributed by atoms with van der Waals surface area (Å²) in [5.74, 6) is -0.388. The Kier molecular flexibility index (Phi) is 5.72. The minimum absolute atomic E-state index is 0.340. The van der Waals surface area contributed by atoms with Gasteiger partial charge in [-0.1, -0.05) is 42.5 Å². The number of hydrogen-bond acceptors (Lipinski definition) is 4.